The van der Waals surface area contributed by atoms with Crippen molar-refractivity contribution in [1.82, 2.24) is 29.9 Å². The van der Waals surface area contributed by atoms with E-state index in [1.54, 1.807) is 37.2 Å². The number of ether oxygens (including phenoxy) is 2. The highest BCUT2D eigenvalue weighted by atomic mass is 16.6. The molecule has 0 fully saturated rings. The molecule has 11 rings (SSSR count). The summed E-state index contributed by atoms with van der Waals surface area (Å²) in [6, 6.07) is 38.6. The zero-order valence-corrected chi connectivity index (χ0v) is 34.5. The summed E-state index contributed by atoms with van der Waals surface area (Å²) in [5.41, 5.74) is 21.1. The molecule has 6 aromatic carbocycles. The van der Waals surface area contributed by atoms with Gasteiger partial charge in [-0.05, 0) is 130 Å². The van der Waals surface area contributed by atoms with Crippen LogP contribution < -0.4 is 9.47 Å². The predicted molar refractivity (Wildman–Crippen MR) is 246 cm³/mol. The van der Waals surface area contributed by atoms with E-state index < -0.39 is 0 Å². The van der Waals surface area contributed by atoms with E-state index in [9.17, 15) is 0 Å². The average molecular weight is 803 g/mol. The van der Waals surface area contributed by atoms with Crippen LogP contribution in [0, 0.1) is 27.7 Å². The molecule has 0 unspecified atom stereocenters. The SMILES string of the molecule is Cc1cc(-c2cncc3nccnc23)c(C)cc1-c1ccc(-c2ccc3c(c2)Oc2cc(-c4ccc(-c5cc(C)c(-c6cncc7nccnc67)cc5C)cc4)ccc2O3)cc1. The molecule has 1 aliphatic rings. The lowest BCUT2D eigenvalue weighted by Crippen LogP contribution is -1.99. The van der Waals surface area contributed by atoms with Gasteiger partial charge in [0, 0.05) is 48.3 Å². The Bertz CT molecular complexity index is 3160. The normalized spacial score (nSPS) is 11.8. The zero-order chi connectivity index (χ0) is 41.9. The van der Waals surface area contributed by atoms with Crippen LogP contribution in [0.4, 0.5) is 0 Å². The highest BCUT2D eigenvalue weighted by Gasteiger charge is 2.21. The molecule has 296 valence electrons. The van der Waals surface area contributed by atoms with Crippen molar-refractivity contribution in [3.8, 4) is 89.8 Å². The molecule has 8 nitrogen and oxygen atoms in total. The van der Waals surface area contributed by atoms with E-state index in [1.165, 1.54) is 22.3 Å². The molecule has 5 heterocycles. The highest BCUT2D eigenvalue weighted by molar-refractivity contribution is 5.93. The van der Waals surface area contributed by atoms with Crippen LogP contribution in [0.2, 0.25) is 0 Å². The van der Waals surface area contributed by atoms with Gasteiger partial charge in [0.2, 0.25) is 0 Å². The number of fused-ring (bicyclic) bond motifs is 4. The summed E-state index contributed by atoms with van der Waals surface area (Å²) in [5.74, 6) is 2.74. The minimum Gasteiger partial charge on any atom is -0.450 e. The maximum Gasteiger partial charge on any atom is 0.170 e. The third-order valence-corrected chi connectivity index (χ3v) is 11.9. The van der Waals surface area contributed by atoms with Gasteiger partial charge in [-0.1, -0.05) is 84.9 Å². The Kier molecular flexibility index (Phi) is 8.86. The van der Waals surface area contributed by atoms with Gasteiger partial charge in [0.1, 0.15) is 11.0 Å². The van der Waals surface area contributed by atoms with Crippen LogP contribution in [0.15, 0.2) is 159 Å². The number of rotatable bonds is 6. The Labute approximate surface area is 358 Å². The van der Waals surface area contributed by atoms with E-state index in [2.05, 4.69) is 155 Å². The van der Waals surface area contributed by atoms with Crippen LogP contribution in [-0.4, -0.2) is 29.9 Å². The molecule has 1 aliphatic heterocycles. The van der Waals surface area contributed by atoms with Gasteiger partial charge in [-0.15, -0.1) is 0 Å². The molecule has 0 N–H and O–H groups in total. The third-order valence-electron chi connectivity index (χ3n) is 11.9. The molecule has 0 amide bonds. The second-order valence-electron chi connectivity index (χ2n) is 15.9. The van der Waals surface area contributed by atoms with Gasteiger partial charge in [0.05, 0.1) is 23.4 Å². The fraction of sp³-hybridized carbons (Fsp3) is 0.0741. The molecule has 0 saturated carbocycles. The fourth-order valence-corrected chi connectivity index (χ4v) is 8.64. The largest absolute Gasteiger partial charge is 0.450 e. The van der Waals surface area contributed by atoms with Gasteiger partial charge in [-0.25, -0.2) is 0 Å². The first-order valence-corrected chi connectivity index (χ1v) is 20.5. The van der Waals surface area contributed by atoms with Crippen LogP contribution in [-0.2, 0) is 0 Å². The second kappa shape index (κ2) is 14.9. The maximum absolute atomic E-state index is 6.54. The second-order valence-corrected chi connectivity index (χ2v) is 15.9. The molecule has 0 radical (unpaired) electrons. The molecule has 0 atom stereocenters. The summed E-state index contributed by atoms with van der Waals surface area (Å²) in [4.78, 5) is 27.0. The summed E-state index contributed by atoms with van der Waals surface area (Å²) in [6.07, 6.45) is 14.1. The van der Waals surface area contributed by atoms with Gasteiger partial charge in [-0.2, -0.15) is 0 Å². The number of aromatic nitrogens is 6. The Morgan fingerprint density at radius 3 is 1.11 bits per heavy atom. The van der Waals surface area contributed by atoms with Crippen molar-refractivity contribution >= 4 is 22.1 Å². The smallest absolute Gasteiger partial charge is 0.170 e. The Balaban J connectivity index is 0.819. The van der Waals surface area contributed by atoms with Crippen molar-refractivity contribution < 1.29 is 9.47 Å². The molecule has 0 aliphatic carbocycles. The molecule has 8 heteroatoms. The van der Waals surface area contributed by atoms with E-state index in [0.29, 0.717) is 23.0 Å². The van der Waals surface area contributed by atoms with Crippen molar-refractivity contribution in [2.75, 3.05) is 0 Å². The molecule has 62 heavy (non-hydrogen) atoms. The van der Waals surface area contributed by atoms with Crippen molar-refractivity contribution in [3.63, 3.8) is 0 Å². The number of pyridine rings is 2. The van der Waals surface area contributed by atoms with E-state index in [1.807, 2.05) is 24.5 Å². The topological polar surface area (TPSA) is 95.8 Å². The van der Waals surface area contributed by atoms with Gasteiger partial charge >= 0.3 is 0 Å². The van der Waals surface area contributed by atoms with Crippen LogP contribution >= 0.6 is 0 Å². The lowest BCUT2D eigenvalue weighted by molar-refractivity contribution is 0.360. The van der Waals surface area contributed by atoms with E-state index in [4.69, 9.17) is 9.47 Å². The van der Waals surface area contributed by atoms with E-state index >= 15 is 0 Å². The van der Waals surface area contributed by atoms with Crippen LogP contribution in [0.5, 0.6) is 23.0 Å². The van der Waals surface area contributed by atoms with Crippen molar-refractivity contribution in [1.29, 1.82) is 0 Å². The summed E-state index contributed by atoms with van der Waals surface area (Å²) in [5, 5.41) is 0. The summed E-state index contributed by atoms with van der Waals surface area (Å²) < 4.78 is 12.9. The van der Waals surface area contributed by atoms with Crippen LogP contribution in [0.1, 0.15) is 22.3 Å². The Morgan fingerprint density at radius 1 is 0.306 bits per heavy atom. The predicted octanol–water partition coefficient (Wildman–Crippen LogP) is 13.5. The Hall–Kier alpha value is -8.10. The molecule has 10 aromatic rings. The molecule has 0 spiro atoms. The average Bonchev–Trinajstić information content (AvgIpc) is 3.31. The first-order valence-electron chi connectivity index (χ1n) is 20.5. The number of nitrogens with zero attached hydrogens (tertiary/aromatic N) is 6. The summed E-state index contributed by atoms with van der Waals surface area (Å²) in [7, 11) is 0. The monoisotopic (exact) mass is 802 g/mol. The first kappa shape index (κ1) is 36.9. The van der Waals surface area contributed by atoms with E-state index in [-0.39, 0.29) is 0 Å². The minimum atomic E-state index is 0.682. The number of hydrogen-bond donors (Lipinski definition) is 0. The first-order chi connectivity index (χ1) is 30.3. The Morgan fingerprint density at radius 2 is 0.661 bits per heavy atom. The maximum atomic E-state index is 6.54. The van der Waals surface area contributed by atoms with Crippen molar-refractivity contribution in [3.05, 3.63) is 181 Å². The molecule has 0 saturated heterocycles. The molecular weight excluding hydrogens is 765 g/mol. The van der Waals surface area contributed by atoms with Crippen LogP contribution in [0.3, 0.4) is 0 Å². The lowest BCUT2D eigenvalue weighted by atomic mass is 9.91. The van der Waals surface area contributed by atoms with E-state index in [0.717, 1.165) is 88.8 Å². The van der Waals surface area contributed by atoms with Gasteiger partial charge in [0.25, 0.3) is 0 Å². The van der Waals surface area contributed by atoms with Gasteiger partial charge < -0.3 is 9.47 Å². The third kappa shape index (κ3) is 6.49. The molecular formula is C54H38N6O2. The molecule has 4 aromatic heterocycles. The number of benzene rings is 6. The summed E-state index contributed by atoms with van der Waals surface area (Å²) in [6.45, 7) is 8.58. The summed E-state index contributed by atoms with van der Waals surface area (Å²) >= 11 is 0. The highest BCUT2D eigenvalue weighted by Crippen LogP contribution is 2.48. The molecule has 0 bridgehead atoms. The van der Waals surface area contributed by atoms with Crippen molar-refractivity contribution in [2.24, 2.45) is 0 Å². The number of hydrogen-bond acceptors (Lipinski definition) is 8. The quantitative estimate of drug-likeness (QED) is 0.164. The minimum absolute atomic E-state index is 0.682. The van der Waals surface area contributed by atoms with Crippen molar-refractivity contribution in [2.45, 2.75) is 27.7 Å². The fourth-order valence-electron chi connectivity index (χ4n) is 8.64. The zero-order valence-electron chi connectivity index (χ0n) is 34.5. The lowest BCUT2D eigenvalue weighted by Gasteiger charge is -2.22. The van der Waals surface area contributed by atoms with Crippen LogP contribution in [0.25, 0.3) is 88.8 Å². The van der Waals surface area contributed by atoms with Gasteiger partial charge in [-0.3, -0.25) is 29.9 Å². The number of aryl methyl sites for hydroxylation is 4. The van der Waals surface area contributed by atoms with Gasteiger partial charge in [0.15, 0.2) is 23.0 Å². The standard InChI is InChI=1S/C54H38N6O2/c1-31-23-43(45-27-55-29-47-53(45)59-19-17-57-47)33(3)21-41(31)37-9-5-35(6-10-37)39-13-15-49-51(25-39)62-52-26-40(14-16-50(52)61-49)36-7-11-38(12-8-36)42-22-34(4)44(24-32(42)2)46-28-56-30-48-54(46)60-20-18-58-48/h5-30H,1-4H3.